The van der Waals surface area contributed by atoms with Crippen molar-refractivity contribution in [1.29, 1.82) is 0 Å². The molecule has 1 aromatic rings. The average Bonchev–Trinajstić information content (AvgIpc) is 2.68. The minimum absolute atomic E-state index is 0.168. The van der Waals surface area contributed by atoms with Crippen LogP contribution in [0, 0.1) is 0 Å². The molecule has 3 rings (SSSR count). The number of carbonyl (C=O) groups excluding carboxylic acids is 1. The van der Waals surface area contributed by atoms with E-state index in [0.717, 1.165) is 52.1 Å². The lowest BCUT2D eigenvalue weighted by molar-refractivity contribution is -0.0330. The van der Waals surface area contributed by atoms with Gasteiger partial charge in [-0.2, -0.15) is 0 Å². The predicted molar refractivity (Wildman–Crippen MR) is 118 cm³/mol. The lowest BCUT2D eigenvalue weighted by Crippen LogP contribution is -2.62. The Labute approximate surface area is 177 Å². The molecule has 0 aliphatic carbocycles. The van der Waals surface area contributed by atoms with Crippen molar-refractivity contribution in [3.8, 4) is 0 Å². The molecule has 1 amide bonds. The number of amides is 1. The minimum Gasteiger partial charge on any atom is -0.444 e. The molecular formula is C24H39N3O2. The monoisotopic (exact) mass is 401 g/mol. The second kappa shape index (κ2) is 9.05. The van der Waals surface area contributed by atoms with Crippen molar-refractivity contribution in [2.75, 3.05) is 32.7 Å². The Bertz CT molecular complexity index is 662. The van der Waals surface area contributed by atoms with Gasteiger partial charge >= 0.3 is 6.09 Å². The second-order valence-corrected chi connectivity index (χ2v) is 9.93. The van der Waals surface area contributed by atoms with Crippen LogP contribution in [-0.2, 0) is 11.3 Å². The van der Waals surface area contributed by atoms with Crippen LogP contribution in [0.3, 0.4) is 0 Å². The van der Waals surface area contributed by atoms with Gasteiger partial charge in [0.2, 0.25) is 0 Å². The van der Waals surface area contributed by atoms with Gasteiger partial charge in [-0.25, -0.2) is 4.79 Å². The number of benzene rings is 1. The molecule has 29 heavy (non-hydrogen) atoms. The molecule has 0 aromatic heterocycles. The first-order valence-corrected chi connectivity index (χ1v) is 11.2. The van der Waals surface area contributed by atoms with E-state index in [1.807, 2.05) is 25.7 Å². The molecule has 2 aliphatic heterocycles. The Kier molecular flexibility index (Phi) is 6.90. The number of carbonyl (C=O) groups is 1. The highest BCUT2D eigenvalue weighted by molar-refractivity contribution is 5.68. The molecule has 5 nitrogen and oxygen atoms in total. The third-order valence-corrected chi connectivity index (χ3v) is 6.56. The SMILES string of the molecule is CCC1CN(C2(C)CCN(C(=O)OC(C)(C)C)CC2)CCN1Cc1ccccc1. The molecule has 5 heteroatoms. The average molecular weight is 402 g/mol. The maximum atomic E-state index is 12.4. The molecule has 0 saturated carbocycles. The van der Waals surface area contributed by atoms with E-state index in [-0.39, 0.29) is 11.6 Å². The largest absolute Gasteiger partial charge is 0.444 e. The number of ether oxygens (including phenoxy) is 1. The van der Waals surface area contributed by atoms with Crippen molar-refractivity contribution < 1.29 is 9.53 Å². The van der Waals surface area contributed by atoms with Crippen LogP contribution in [0.2, 0.25) is 0 Å². The van der Waals surface area contributed by atoms with E-state index in [4.69, 9.17) is 4.74 Å². The Morgan fingerprint density at radius 3 is 2.34 bits per heavy atom. The highest BCUT2D eigenvalue weighted by Crippen LogP contribution is 2.32. The van der Waals surface area contributed by atoms with Crippen molar-refractivity contribution in [2.24, 2.45) is 0 Å². The molecule has 0 bridgehead atoms. The van der Waals surface area contributed by atoms with Crippen LogP contribution in [0.5, 0.6) is 0 Å². The number of hydrogen-bond donors (Lipinski definition) is 0. The van der Waals surface area contributed by atoms with E-state index < -0.39 is 5.60 Å². The van der Waals surface area contributed by atoms with E-state index in [1.54, 1.807) is 0 Å². The normalized spacial score (nSPS) is 23.8. The lowest BCUT2D eigenvalue weighted by Gasteiger charge is -2.52. The quantitative estimate of drug-likeness (QED) is 0.750. The maximum absolute atomic E-state index is 12.4. The number of hydrogen-bond acceptors (Lipinski definition) is 4. The Balaban J connectivity index is 1.55. The first-order valence-electron chi connectivity index (χ1n) is 11.2. The van der Waals surface area contributed by atoms with Gasteiger partial charge in [-0.3, -0.25) is 9.80 Å². The number of rotatable bonds is 4. The van der Waals surface area contributed by atoms with Gasteiger partial charge in [0.25, 0.3) is 0 Å². The molecule has 0 N–H and O–H groups in total. The summed E-state index contributed by atoms with van der Waals surface area (Å²) < 4.78 is 5.56. The summed E-state index contributed by atoms with van der Waals surface area (Å²) >= 11 is 0. The summed E-state index contributed by atoms with van der Waals surface area (Å²) in [6, 6.07) is 11.4. The molecular weight excluding hydrogens is 362 g/mol. The summed E-state index contributed by atoms with van der Waals surface area (Å²) in [5.74, 6) is 0. The number of piperidine rings is 1. The van der Waals surface area contributed by atoms with Crippen LogP contribution in [0.15, 0.2) is 30.3 Å². The van der Waals surface area contributed by atoms with Gasteiger partial charge in [-0.05, 0) is 52.5 Å². The fourth-order valence-electron chi connectivity index (χ4n) is 4.61. The zero-order valence-electron chi connectivity index (χ0n) is 19.0. The third-order valence-electron chi connectivity index (χ3n) is 6.56. The van der Waals surface area contributed by atoms with Crippen molar-refractivity contribution in [3.05, 3.63) is 35.9 Å². The molecule has 0 spiro atoms. The van der Waals surface area contributed by atoms with Crippen LogP contribution < -0.4 is 0 Å². The summed E-state index contributed by atoms with van der Waals surface area (Å²) in [6.07, 6.45) is 3.03. The highest BCUT2D eigenvalue weighted by Gasteiger charge is 2.40. The van der Waals surface area contributed by atoms with Gasteiger partial charge < -0.3 is 9.64 Å². The van der Waals surface area contributed by atoms with E-state index in [1.165, 1.54) is 12.0 Å². The topological polar surface area (TPSA) is 36.0 Å². The van der Waals surface area contributed by atoms with Gasteiger partial charge in [0.15, 0.2) is 0 Å². The fraction of sp³-hybridized carbons (Fsp3) is 0.708. The number of piperazine rings is 1. The van der Waals surface area contributed by atoms with Gasteiger partial charge in [0.05, 0.1) is 0 Å². The van der Waals surface area contributed by atoms with E-state index in [2.05, 4.69) is 54.0 Å². The highest BCUT2D eigenvalue weighted by atomic mass is 16.6. The van der Waals surface area contributed by atoms with Gasteiger partial charge in [-0.15, -0.1) is 0 Å². The van der Waals surface area contributed by atoms with Crippen LogP contribution in [0.1, 0.15) is 59.4 Å². The molecule has 2 saturated heterocycles. The van der Waals surface area contributed by atoms with E-state index in [9.17, 15) is 4.79 Å². The molecule has 1 unspecified atom stereocenters. The molecule has 1 aromatic carbocycles. The molecule has 0 radical (unpaired) electrons. The number of nitrogens with zero attached hydrogens (tertiary/aromatic N) is 3. The minimum atomic E-state index is -0.429. The van der Waals surface area contributed by atoms with Gasteiger partial charge in [-0.1, -0.05) is 37.3 Å². The smallest absolute Gasteiger partial charge is 0.410 e. The molecule has 2 heterocycles. The Morgan fingerprint density at radius 2 is 1.76 bits per heavy atom. The van der Waals surface area contributed by atoms with Crippen molar-refractivity contribution in [2.45, 2.75) is 77.6 Å². The zero-order valence-corrected chi connectivity index (χ0v) is 19.0. The molecule has 1 atom stereocenters. The summed E-state index contributed by atoms with van der Waals surface area (Å²) in [6.45, 7) is 16.4. The van der Waals surface area contributed by atoms with Crippen molar-refractivity contribution in [1.82, 2.24) is 14.7 Å². The van der Waals surface area contributed by atoms with Gasteiger partial charge in [0, 0.05) is 50.8 Å². The zero-order chi connectivity index (χ0) is 21.1. The fourth-order valence-corrected chi connectivity index (χ4v) is 4.61. The van der Waals surface area contributed by atoms with Crippen molar-refractivity contribution in [3.63, 3.8) is 0 Å². The third kappa shape index (κ3) is 5.73. The van der Waals surface area contributed by atoms with Crippen molar-refractivity contribution >= 4 is 6.09 Å². The molecule has 162 valence electrons. The van der Waals surface area contributed by atoms with Crippen LogP contribution in [0.4, 0.5) is 4.79 Å². The molecule has 2 fully saturated rings. The van der Waals surface area contributed by atoms with E-state index >= 15 is 0 Å². The molecule has 2 aliphatic rings. The standard InChI is InChI=1S/C24H39N3O2/c1-6-21-19-27(17-16-26(21)18-20-10-8-7-9-11-20)24(5)12-14-25(15-13-24)22(28)29-23(2,3)4/h7-11,21H,6,12-19H2,1-5H3. The number of likely N-dealkylation sites (tertiary alicyclic amines) is 1. The summed E-state index contributed by atoms with van der Waals surface area (Å²) in [4.78, 5) is 19.6. The van der Waals surface area contributed by atoms with Crippen LogP contribution >= 0.6 is 0 Å². The Hall–Kier alpha value is -1.59. The predicted octanol–water partition coefficient (Wildman–Crippen LogP) is 4.37. The maximum Gasteiger partial charge on any atom is 0.410 e. The van der Waals surface area contributed by atoms with Crippen LogP contribution in [-0.4, -0.2) is 70.7 Å². The lowest BCUT2D eigenvalue weighted by atomic mass is 9.86. The summed E-state index contributed by atoms with van der Waals surface area (Å²) in [7, 11) is 0. The summed E-state index contributed by atoms with van der Waals surface area (Å²) in [5.41, 5.74) is 1.14. The summed E-state index contributed by atoms with van der Waals surface area (Å²) in [5, 5.41) is 0. The first-order chi connectivity index (χ1) is 13.7. The second-order valence-electron chi connectivity index (χ2n) is 9.93. The first kappa shape index (κ1) is 22.1. The van der Waals surface area contributed by atoms with Crippen LogP contribution in [0.25, 0.3) is 0 Å². The van der Waals surface area contributed by atoms with E-state index in [0.29, 0.717) is 6.04 Å². The Morgan fingerprint density at radius 1 is 1.10 bits per heavy atom. The van der Waals surface area contributed by atoms with Gasteiger partial charge in [0.1, 0.15) is 5.60 Å².